The Hall–Kier alpha value is -3.22. The largest absolute Gasteiger partial charge is 0.495 e. The van der Waals surface area contributed by atoms with Crippen LogP contribution >= 0.6 is 11.6 Å². The van der Waals surface area contributed by atoms with Crippen molar-refractivity contribution in [2.24, 2.45) is 4.40 Å². The summed E-state index contributed by atoms with van der Waals surface area (Å²) in [6.45, 7) is 3.06. The molecule has 1 saturated heterocycles. The number of sulfonamides is 1. The number of rotatable bonds is 5. The number of halogens is 1. The average Bonchev–Trinajstić information content (AvgIpc) is 3.31. The number of aromatic nitrogens is 2. The minimum Gasteiger partial charge on any atom is -0.495 e. The summed E-state index contributed by atoms with van der Waals surface area (Å²) in [5.74, 6) is 0.890. The smallest absolute Gasteiger partial charge is 0.286 e. The van der Waals surface area contributed by atoms with Crippen LogP contribution in [0.4, 0.5) is 5.95 Å². The molecule has 180 valence electrons. The van der Waals surface area contributed by atoms with Gasteiger partial charge in [0.25, 0.3) is 10.0 Å². The Labute approximate surface area is 209 Å². The molecule has 35 heavy (non-hydrogen) atoms. The highest BCUT2D eigenvalue weighted by Crippen LogP contribution is 2.37. The van der Waals surface area contributed by atoms with Gasteiger partial charge in [-0.2, -0.15) is 18.1 Å². The molecular weight excluding hydrogens is 486 g/mol. The number of fused-ring (bicyclic) bond motifs is 1. The predicted molar refractivity (Wildman–Crippen MR) is 134 cm³/mol. The number of aryl methyl sites for hydroxylation is 1. The summed E-state index contributed by atoms with van der Waals surface area (Å²) in [5.41, 5.74) is 4.09. The highest BCUT2D eigenvalue weighted by molar-refractivity contribution is 7.90. The van der Waals surface area contributed by atoms with Crippen LogP contribution in [0.15, 0.2) is 50.2 Å². The second-order valence-corrected chi connectivity index (χ2v) is 10.9. The van der Waals surface area contributed by atoms with E-state index in [0.29, 0.717) is 23.1 Å². The Morgan fingerprint density at radius 3 is 2.74 bits per heavy atom. The van der Waals surface area contributed by atoms with Crippen molar-refractivity contribution in [1.29, 1.82) is 5.26 Å². The molecule has 2 aliphatic carbocycles. The van der Waals surface area contributed by atoms with Crippen molar-refractivity contribution in [2.45, 2.75) is 50.0 Å². The number of nitrogens with zero attached hydrogens (tertiary/aromatic N) is 5. The van der Waals surface area contributed by atoms with Gasteiger partial charge in [0.05, 0.1) is 24.1 Å². The summed E-state index contributed by atoms with van der Waals surface area (Å²) < 4.78 is 36.1. The Bertz CT molecular complexity index is 1460. The number of methoxy groups -OCH3 is 1. The van der Waals surface area contributed by atoms with Crippen LogP contribution in [0.3, 0.4) is 0 Å². The number of benzene rings is 1. The predicted octanol–water partition coefficient (Wildman–Crippen LogP) is 4.35. The molecular formula is C25H24ClN5O3S. The lowest BCUT2D eigenvalue weighted by molar-refractivity contribution is 0.403. The van der Waals surface area contributed by atoms with E-state index in [1.807, 2.05) is 12.1 Å². The van der Waals surface area contributed by atoms with Crippen LogP contribution in [0.1, 0.15) is 37.4 Å². The minimum absolute atomic E-state index is 0.0474. The molecule has 10 heteroatoms. The first-order valence-corrected chi connectivity index (χ1v) is 13.3. The van der Waals surface area contributed by atoms with Gasteiger partial charge in [-0.3, -0.25) is 0 Å². The highest BCUT2D eigenvalue weighted by atomic mass is 35.5. The van der Waals surface area contributed by atoms with Crippen LogP contribution in [0, 0.1) is 11.3 Å². The summed E-state index contributed by atoms with van der Waals surface area (Å²) in [6, 6.07) is 7.40. The fourth-order valence-corrected chi connectivity index (χ4v) is 6.03. The van der Waals surface area contributed by atoms with E-state index in [-0.39, 0.29) is 27.8 Å². The van der Waals surface area contributed by atoms with Crippen molar-refractivity contribution in [1.82, 2.24) is 9.97 Å². The van der Waals surface area contributed by atoms with E-state index in [1.54, 1.807) is 12.1 Å². The van der Waals surface area contributed by atoms with E-state index in [2.05, 4.69) is 16.2 Å². The van der Waals surface area contributed by atoms with Crippen LogP contribution < -0.4 is 9.64 Å². The molecule has 0 spiro atoms. The lowest BCUT2D eigenvalue weighted by atomic mass is 10.0. The monoisotopic (exact) mass is 509 g/mol. The van der Waals surface area contributed by atoms with E-state index >= 15 is 0 Å². The molecule has 0 radical (unpaired) electrons. The zero-order valence-electron chi connectivity index (χ0n) is 19.5. The maximum absolute atomic E-state index is 13.4. The Kier molecular flexibility index (Phi) is 6.11. The third-order valence-corrected chi connectivity index (χ3v) is 8.33. The van der Waals surface area contributed by atoms with Crippen molar-refractivity contribution in [3.05, 3.63) is 52.2 Å². The normalized spacial score (nSPS) is 20.6. The molecule has 0 amide bonds. The van der Waals surface area contributed by atoms with Gasteiger partial charge in [-0.1, -0.05) is 11.6 Å². The third-order valence-electron chi connectivity index (χ3n) is 6.64. The second kappa shape index (κ2) is 9.10. The Morgan fingerprint density at radius 2 is 2.09 bits per heavy atom. The summed E-state index contributed by atoms with van der Waals surface area (Å²) in [4.78, 5) is 11.8. The standard InChI is InChI=1S/C25H24ClN5O3S/c1-15-10-11-31(15)25-28-21-5-3-4-19(21)24(29-25)16-7-9-22(34-2)23(12-16)35(32,33)30-18-8-6-17(14-27)20(26)13-18/h6-9,12,15H,3-5,10-11,13H2,1-2H3/t15-/m0/s1. The lowest BCUT2D eigenvalue weighted by Crippen LogP contribution is -2.46. The zero-order valence-corrected chi connectivity index (χ0v) is 21.0. The van der Waals surface area contributed by atoms with Gasteiger partial charge in [-0.15, -0.1) is 0 Å². The molecule has 8 nitrogen and oxygen atoms in total. The Morgan fingerprint density at radius 1 is 1.26 bits per heavy atom. The number of anilines is 1. The van der Waals surface area contributed by atoms with Gasteiger partial charge in [-0.25, -0.2) is 9.97 Å². The van der Waals surface area contributed by atoms with E-state index in [1.165, 1.54) is 19.3 Å². The number of ether oxygens (including phenoxy) is 1. The molecule has 1 aromatic carbocycles. The second-order valence-electron chi connectivity index (χ2n) is 8.85. The minimum atomic E-state index is -4.13. The first-order valence-electron chi connectivity index (χ1n) is 11.5. The molecule has 1 fully saturated rings. The molecule has 2 heterocycles. The first-order chi connectivity index (χ1) is 16.8. The SMILES string of the molecule is COc1ccc(-c2nc(N3CC[C@@H]3C)nc3c2CCC3)cc1S(=O)(=O)N=C1C=CC(C#N)=C(Cl)C1. The van der Waals surface area contributed by atoms with E-state index in [4.69, 9.17) is 31.6 Å². The van der Waals surface area contributed by atoms with Crippen LogP contribution in [-0.4, -0.2) is 43.8 Å². The average molecular weight is 510 g/mol. The summed E-state index contributed by atoms with van der Waals surface area (Å²) in [5, 5.41) is 9.35. The summed E-state index contributed by atoms with van der Waals surface area (Å²) >= 11 is 6.12. The van der Waals surface area contributed by atoms with Gasteiger partial charge in [0.2, 0.25) is 5.95 Å². The van der Waals surface area contributed by atoms with Gasteiger partial charge in [0, 0.05) is 40.9 Å². The van der Waals surface area contributed by atoms with Crippen LogP contribution in [0.25, 0.3) is 11.3 Å². The van der Waals surface area contributed by atoms with E-state index < -0.39 is 10.0 Å². The highest BCUT2D eigenvalue weighted by Gasteiger charge is 2.30. The molecule has 1 aliphatic heterocycles. The zero-order chi connectivity index (χ0) is 24.7. The van der Waals surface area contributed by atoms with Crippen LogP contribution in [-0.2, 0) is 22.9 Å². The van der Waals surface area contributed by atoms with Gasteiger partial charge in [0.1, 0.15) is 16.7 Å². The molecule has 1 atom stereocenters. The fraction of sp³-hybridized carbons (Fsp3) is 0.360. The van der Waals surface area contributed by atoms with Crippen molar-refractivity contribution in [3.8, 4) is 23.1 Å². The molecule has 0 unspecified atom stereocenters. The maximum atomic E-state index is 13.4. The van der Waals surface area contributed by atoms with Crippen molar-refractivity contribution in [3.63, 3.8) is 0 Å². The topological polar surface area (TPSA) is 109 Å². The number of hydrogen-bond acceptors (Lipinski definition) is 7. The lowest BCUT2D eigenvalue weighted by Gasteiger charge is -2.39. The molecule has 0 bridgehead atoms. The van der Waals surface area contributed by atoms with Crippen molar-refractivity contribution in [2.75, 3.05) is 18.6 Å². The molecule has 5 rings (SSSR count). The van der Waals surface area contributed by atoms with Gasteiger partial charge < -0.3 is 9.64 Å². The molecule has 3 aliphatic rings. The fourth-order valence-electron chi connectivity index (χ4n) is 4.57. The van der Waals surface area contributed by atoms with Gasteiger partial charge in [-0.05, 0) is 63.0 Å². The third kappa shape index (κ3) is 4.32. The van der Waals surface area contributed by atoms with Crippen LogP contribution in [0.5, 0.6) is 5.75 Å². The van der Waals surface area contributed by atoms with Gasteiger partial charge >= 0.3 is 0 Å². The molecule has 2 aromatic rings. The summed E-state index contributed by atoms with van der Waals surface area (Å²) in [7, 11) is -2.71. The molecule has 1 aromatic heterocycles. The van der Waals surface area contributed by atoms with Gasteiger partial charge in [0.15, 0.2) is 0 Å². The van der Waals surface area contributed by atoms with Crippen molar-refractivity contribution >= 4 is 33.3 Å². The molecule has 0 saturated carbocycles. The molecule has 0 N–H and O–H groups in total. The Balaban J connectivity index is 1.58. The summed E-state index contributed by atoms with van der Waals surface area (Å²) in [6.07, 6.45) is 6.88. The quantitative estimate of drug-likeness (QED) is 0.589. The van der Waals surface area contributed by atoms with Crippen LogP contribution in [0.2, 0.25) is 0 Å². The van der Waals surface area contributed by atoms with E-state index in [0.717, 1.165) is 49.2 Å². The number of nitriles is 1. The first kappa shape index (κ1) is 23.5. The number of hydrogen-bond donors (Lipinski definition) is 0. The van der Waals surface area contributed by atoms with Crippen molar-refractivity contribution < 1.29 is 13.2 Å². The number of allylic oxidation sites excluding steroid dienone is 4. The maximum Gasteiger partial charge on any atom is 0.286 e. The van der Waals surface area contributed by atoms with E-state index in [9.17, 15) is 8.42 Å².